The highest BCUT2D eigenvalue weighted by molar-refractivity contribution is 7.90. The summed E-state index contributed by atoms with van der Waals surface area (Å²) in [5.41, 5.74) is 5.30. The van der Waals surface area contributed by atoms with Crippen molar-refractivity contribution in [2.75, 3.05) is 31.6 Å². The van der Waals surface area contributed by atoms with Crippen LogP contribution in [0.2, 0.25) is 0 Å². The highest BCUT2D eigenvalue weighted by Gasteiger charge is 2.08. The predicted octanol–water partition coefficient (Wildman–Crippen LogP) is -0.901. The lowest BCUT2D eigenvalue weighted by Crippen LogP contribution is -2.36. The maximum atomic E-state index is 10.9. The number of hydrogen-bond acceptors (Lipinski definition) is 5. The molecule has 0 aromatic rings. The summed E-state index contributed by atoms with van der Waals surface area (Å²) in [7, 11) is -2.96. The van der Waals surface area contributed by atoms with Crippen LogP contribution in [0, 0.1) is 0 Å². The van der Waals surface area contributed by atoms with Crippen molar-refractivity contribution in [3.8, 4) is 0 Å². The van der Waals surface area contributed by atoms with Crippen molar-refractivity contribution < 1.29 is 13.6 Å². The second-order valence-electron chi connectivity index (χ2n) is 3.09. The van der Waals surface area contributed by atoms with Crippen LogP contribution in [0.25, 0.3) is 0 Å². The first-order valence-corrected chi connectivity index (χ1v) is 6.31. The van der Waals surface area contributed by atoms with E-state index in [9.17, 15) is 8.42 Å². The topological polar surface area (TPSA) is 96.0 Å². The molecule has 0 unspecified atom stereocenters. The fraction of sp³-hybridized carbons (Fsp3) is 0.857. The summed E-state index contributed by atoms with van der Waals surface area (Å²) in [6.07, 6.45) is 1.18. The van der Waals surface area contributed by atoms with E-state index in [0.717, 1.165) is 0 Å². The highest BCUT2D eigenvalue weighted by Crippen LogP contribution is 1.91. The first-order valence-electron chi connectivity index (χ1n) is 4.25. The summed E-state index contributed by atoms with van der Waals surface area (Å²) in [5.74, 6) is 0.167. The summed E-state index contributed by atoms with van der Waals surface area (Å²) in [6.45, 7) is 3.22. The number of nitrogens with zero attached hydrogens (tertiary/aromatic N) is 2. The highest BCUT2D eigenvalue weighted by atomic mass is 32.2. The summed E-state index contributed by atoms with van der Waals surface area (Å²) < 4.78 is 21.7. The molecule has 0 bridgehead atoms. The number of oxime groups is 1. The van der Waals surface area contributed by atoms with Crippen molar-refractivity contribution in [3.63, 3.8) is 0 Å². The van der Waals surface area contributed by atoms with E-state index in [1.54, 1.807) is 4.90 Å². The molecule has 0 aliphatic rings. The van der Waals surface area contributed by atoms with Crippen molar-refractivity contribution in [2.45, 2.75) is 6.92 Å². The number of hydrogen-bond donors (Lipinski definition) is 2. The Kier molecular flexibility index (Phi) is 5.47. The van der Waals surface area contributed by atoms with Gasteiger partial charge in [0.15, 0.2) is 5.84 Å². The van der Waals surface area contributed by atoms with Gasteiger partial charge >= 0.3 is 0 Å². The van der Waals surface area contributed by atoms with Crippen LogP contribution in [0.15, 0.2) is 5.16 Å². The van der Waals surface area contributed by atoms with Gasteiger partial charge in [-0.15, -0.1) is 0 Å². The van der Waals surface area contributed by atoms with Gasteiger partial charge in [-0.3, -0.25) is 4.90 Å². The van der Waals surface area contributed by atoms with E-state index in [4.69, 9.17) is 10.9 Å². The Balaban J connectivity index is 4.05. The fourth-order valence-electron chi connectivity index (χ4n) is 0.905. The van der Waals surface area contributed by atoms with Gasteiger partial charge < -0.3 is 10.9 Å². The molecule has 0 fully saturated rings. The molecule has 7 heteroatoms. The number of likely N-dealkylation sites (N-methyl/N-ethyl adjacent to an activating group) is 1. The molecule has 6 nitrogen and oxygen atoms in total. The van der Waals surface area contributed by atoms with E-state index >= 15 is 0 Å². The third-order valence-corrected chi connectivity index (χ3v) is 2.66. The van der Waals surface area contributed by atoms with Gasteiger partial charge in [0.05, 0.1) is 12.3 Å². The van der Waals surface area contributed by atoms with Gasteiger partial charge in [-0.2, -0.15) is 0 Å². The lowest BCUT2D eigenvalue weighted by molar-refractivity contribution is 0.304. The van der Waals surface area contributed by atoms with Crippen LogP contribution in [-0.4, -0.2) is 56.0 Å². The standard InChI is InChI=1S/C7H17N3O3S/c1-3-10(6-7(8)9-11)4-5-14(2,12)13/h11H,3-6H2,1-2H3,(H2,8,9). The Labute approximate surface area is 84.3 Å². The first-order chi connectivity index (χ1) is 6.39. The molecule has 0 saturated carbocycles. The second kappa shape index (κ2) is 5.82. The SMILES string of the molecule is CCN(CCS(C)(=O)=O)CC(N)=NO. The third-order valence-electron chi connectivity index (χ3n) is 1.74. The van der Waals surface area contributed by atoms with Crippen LogP contribution in [0.4, 0.5) is 0 Å². The summed E-state index contributed by atoms with van der Waals surface area (Å²) in [6, 6.07) is 0. The molecule has 14 heavy (non-hydrogen) atoms. The zero-order chi connectivity index (χ0) is 11.2. The molecule has 0 aliphatic heterocycles. The van der Waals surface area contributed by atoms with E-state index in [1.807, 2.05) is 6.92 Å². The van der Waals surface area contributed by atoms with Crippen LogP contribution in [-0.2, 0) is 9.84 Å². The zero-order valence-corrected chi connectivity index (χ0v) is 9.29. The van der Waals surface area contributed by atoms with E-state index in [-0.39, 0.29) is 18.1 Å². The van der Waals surface area contributed by atoms with Gasteiger partial charge in [0.1, 0.15) is 9.84 Å². The lowest BCUT2D eigenvalue weighted by Gasteiger charge is -2.18. The molecule has 0 saturated heterocycles. The summed E-state index contributed by atoms with van der Waals surface area (Å²) in [5, 5.41) is 11.1. The Morgan fingerprint density at radius 3 is 2.50 bits per heavy atom. The Morgan fingerprint density at radius 1 is 1.57 bits per heavy atom. The molecule has 0 heterocycles. The second-order valence-corrected chi connectivity index (χ2v) is 5.35. The largest absolute Gasteiger partial charge is 0.409 e. The minimum absolute atomic E-state index is 0.0829. The van der Waals surface area contributed by atoms with Crippen LogP contribution in [0.3, 0.4) is 0 Å². The maximum absolute atomic E-state index is 10.9. The number of rotatable bonds is 6. The molecule has 0 rings (SSSR count). The molecular weight excluding hydrogens is 206 g/mol. The molecule has 84 valence electrons. The Bertz CT molecular complexity index is 287. The van der Waals surface area contributed by atoms with Gasteiger partial charge in [-0.1, -0.05) is 12.1 Å². The fourth-order valence-corrected chi connectivity index (χ4v) is 1.49. The molecule has 3 N–H and O–H groups in total. The molecule has 0 aromatic heterocycles. The van der Waals surface area contributed by atoms with Gasteiger partial charge in [0.2, 0.25) is 0 Å². The predicted molar refractivity (Wildman–Crippen MR) is 55.2 cm³/mol. The molecule has 0 spiro atoms. The van der Waals surface area contributed by atoms with E-state index in [2.05, 4.69) is 5.16 Å². The van der Waals surface area contributed by atoms with Crippen LogP contribution in [0.5, 0.6) is 0 Å². The molecule has 0 radical (unpaired) electrons. The summed E-state index contributed by atoms with van der Waals surface area (Å²) in [4.78, 5) is 1.79. The van der Waals surface area contributed by atoms with Crippen molar-refractivity contribution in [2.24, 2.45) is 10.9 Å². The normalized spacial score (nSPS) is 13.5. The van der Waals surface area contributed by atoms with Gasteiger partial charge in [-0.05, 0) is 6.54 Å². The van der Waals surface area contributed by atoms with Gasteiger partial charge in [0.25, 0.3) is 0 Å². The van der Waals surface area contributed by atoms with Gasteiger partial charge in [-0.25, -0.2) is 8.42 Å². The van der Waals surface area contributed by atoms with Crippen molar-refractivity contribution in [1.82, 2.24) is 4.90 Å². The van der Waals surface area contributed by atoms with Crippen molar-refractivity contribution in [1.29, 1.82) is 0 Å². The lowest BCUT2D eigenvalue weighted by atomic mass is 10.4. The first kappa shape index (κ1) is 13.2. The zero-order valence-electron chi connectivity index (χ0n) is 8.47. The molecule has 0 aromatic carbocycles. The molecule has 0 amide bonds. The average Bonchev–Trinajstić information content (AvgIpc) is 2.10. The molecular formula is C7H17N3O3S. The van der Waals surface area contributed by atoms with Crippen LogP contribution >= 0.6 is 0 Å². The molecule has 0 atom stereocenters. The molecule has 0 aliphatic carbocycles. The summed E-state index contributed by atoms with van der Waals surface area (Å²) >= 11 is 0. The Morgan fingerprint density at radius 2 is 2.14 bits per heavy atom. The Hall–Kier alpha value is -0.820. The van der Waals surface area contributed by atoms with Crippen LogP contribution < -0.4 is 5.73 Å². The quantitative estimate of drug-likeness (QED) is 0.263. The van der Waals surface area contributed by atoms with Gasteiger partial charge in [0, 0.05) is 12.8 Å². The van der Waals surface area contributed by atoms with E-state index in [0.29, 0.717) is 13.1 Å². The van der Waals surface area contributed by atoms with E-state index < -0.39 is 9.84 Å². The smallest absolute Gasteiger partial charge is 0.153 e. The van der Waals surface area contributed by atoms with Crippen molar-refractivity contribution in [3.05, 3.63) is 0 Å². The van der Waals surface area contributed by atoms with Crippen LogP contribution in [0.1, 0.15) is 6.92 Å². The van der Waals surface area contributed by atoms with E-state index in [1.165, 1.54) is 6.26 Å². The third kappa shape index (κ3) is 6.67. The monoisotopic (exact) mass is 223 g/mol. The number of sulfone groups is 1. The average molecular weight is 223 g/mol. The van der Waals surface area contributed by atoms with Crippen molar-refractivity contribution >= 4 is 15.7 Å². The minimum atomic E-state index is -2.96. The number of amidine groups is 1. The number of nitrogens with two attached hydrogens (primary N) is 1. The maximum Gasteiger partial charge on any atom is 0.153 e. The minimum Gasteiger partial charge on any atom is -0.409 e.